The molecule has 1 rings (SSSR count). The summed E-state index contributed by atoms with van der Waals surface area (Å²) in [6.45, 7) is 9.89. The lowest BCUT2D eigenvalue weighted by molar-refractivity contribution is -0.122. The monoisotopic (exact) mass is 258 g/mol. The number of carbonyl (C=O) groups is 1. The third kappa shape index (κ3) is 3.57. The number of aryl methyl sites for hydroxylation is 3. The predicted octanol–water partition coefficient (Wildman–Crippen LogP) is 3.13. The molecule has 0 bridgehead atoms. The lowest BCUT2D eigenvalue weighted by Gasteiger charge is -2.19. The van der Waals surface area contributed by atoms with Crippen molar-refractivity contribution in [2.75, 3.05) is 0 Å². The molecule has 1 N–H and O–H groups in total. The Labute approximate surface area is 115 Å². The Kier molecular flexibility index (Phi) is 5.11. The number of nitriles is 1. The minimum atomic E-state index is -0.402. The summed E-state index contributed by atoms with van der Waals surface area (Å²) in [5.74, 6) is -0.313. The van der Waals surface area contributed by atoms with E-state index in [-0.39, 0.29) is 11.8 Å². The zero-order valence-electron chi connectivity index (χ0n) is 12.4. The molecule has 0 aromatic heterocycles. The molecule has 0 saturated heterocycles. The lowest BCUT2D eigenvalue weighted by Crippen LogP contribution is -2.36. The first-order valence-corrected chi connectivity index (χ1v) is 6.68. The van der Waals surface area contributed by atoms with E-state index in [1.54, 1.807) is 0 Å². The zero-order valence-corrected chi connectivity index (χ0v) is 12.4. The van der Waals surface area contributed by atoms with E-state index in [1.165, 1.54) is 5.56 Å². The van der Waals surface area contributed by atoms with Gasteiger partial charge in [0.15, 0.2) is 0 Å². The molecule has 0 fully saturated rings. The van der Waals surface area contributed by atoms with Gasteiger partial charge in [-0.1, -0.05) is 24.6 Å². The van der Waals surface area contributed by atoms with Crippen LogP contribution in [0.15, 0.2) is 12.1 Å². The quantitative estimate of drug-likeness (QED) is 0.902. The largest absolute Gasteiger partial charge is 0.340 e. The van der Waals surface area contributed by atoms with Crippen molar-refractivity contribution < 1.29 is 4.79 Å². The van der Waals surface area contributed by atoms with Gasteiger partial charge in [0, 0.05) is 0 Å². The van der Waals surface area contributed by atoms with E-state index in [4.69, 9.17) is 5.26 Å². The summed E-state index contributed by atoms with van der Waals surface area (Å²) in [4.78, 5) is 12.2. The Morgan fingerprint density at radius 2 is 1.84 bits per heavy atom. The van der Waals surface area contributed by atoms with E-state index in [2.05, 4.69) is 30.4 Å². The van der Waals surface area contributed by atoms with Crippen molar-refractivity contribution in [1.82, 2.24) is 5.32 Å². The summed E-state index contributed by atoms with van der Waals surface area (Å²) < 4.78 is 0. The molecule has 3 heteroatoms. The molecule has 0 radical (unpaired) electrons. The Morgan fingerprint density at radius 1 is 1.32 bits per heavy atom. The molecule has 1 amide bonds. The van der Waals surface area contributed by atoms with Crippen LogP contribution in [0.2, 0.25) is 0 Å². The van der Waals surface area contributed by atoms with Gasteiger partial charge in [0.1, 0.15) is 6.04 Å². The molecule has 102 valence electrons. The molecular weight excluding hydrogens is 236 g/mol. The molecule has 1 aromatic carbocycles. The van der Waals surface area contributed by atoms with E-state index < -0.39 is 6.04 Å². The number of nitrogens with zero attached hydrogens (tertiary/aromatic N) is 1. The number of nitrogens with one attached hydrogen (secondary N) is 1. The van der Waals surface area contributed by atoms with Crippen molar-refractivity contribution >= 4 is 5.91 Å². The van der Waals surface area contributed by atoms with E-state index >= 15 is 0 Å². The van der Waals surface area contributed by atoms with Gasteiger partial charge >= 0.3 is 0 Å². The molecular formula is C16H22N2O. The number of carbonyl (C=O) groups excluding carboxylic acids is 1. The molecule has 2 atom stereocenters. The van der Waals surface area contributed by atoms with Gasteiger partial charge in [-0.15, -0.1) is 0 Å². The summed E-state index contributed by atoms with van der Waals surface area (Å²) >= 11 is 0. The Bertz CT molecular complexity index is 491. The number of hydrogen-bond donors (Lipinski definition) is 1. The summed E-state index contributed by atoms with van der Waals surface area (Å²) in [5, 5.41) is 11.7. The van der Waals surface area contributed by atoms with Crippen molar-refractivity contribution in [3.8, 4) is 6.07 Å². The van der Waals surface area contributed by atoms with Crippen LogP contribution in [-0.4, -0.2) is 11.9 Å². The van der Waals surface area contributed by atoms with Crippen molar-refractivity contribution in [2.45, 2.75) is 53.0 Å². The van der Waals surface area contributed by atoms with Gasteiger partial charge < -0.3 is 5.32 Å². The molecule has 0 saturated carbocycles. The molecule has 1 aromatic rings. The average molecular weight is 258 g/mol. The minimum absolute atomic E-state index is 0.0801. The van der Waals surface area contributed by atoms with Crippen LogP contribution in [0.4, 0.5) is 0 Å². The molecule has 3 nitrogen and oxygen atoms in total. The predicted molar refractivity (Wildman–Crippen MR) is 76.9 cm³/mol. The first-order chi connectivity index (χ1) is 8.90. The fourth-order valence-corrected chi connectivity index (χ4v) is 2.53. The number of rotatable bonds is 4. The fourth-order valence-electron chi connectivity index (χ4n) is 2.53. The van der Waals surface area contributed by atoms with E-state index in [0.29, 0.717) is 6.42 Å². The van der Waals surface area contributed by atoms with E-state index in [0.717, 1.165) is 16.7 Å². The number of hydrogen-bond acceptors (Lipinski definition) is 2. The van der Waals surface area contributed by atoms with Gasteiger partial charge in [0.25, 0.3) is 0 Å². The third-order valence-electron chi connectivity index (χ3n) is 3.44. The third-order valence-corrected chi connectivity index (χ3v) is 3.44. The Hall–Kier alpha value is -1.82. The Balaban J connectivity index is 2.98. The van der Waals surface area contributed by atoms with Gasteiger partial charge in [0.05, 0.1) is 12.0 Å². The van der Waals surface area contributed by atoms with Crippen molar-refractivity contribution in [1.29, 1.82) is 5.26 Å². The highest BCUT2D eigenvalue weighted by atomic mass is 16.1. The number of benzene rings is 1. The molecule has 0 aliphatic rings. The highest BCUT2D eigenvalue weighted by molar-refractivity contribution is 5.84. The summed E-state index contributed by atoms with van der Waals surface area (Å²) in [6, 6.07) is 5.88. The summed E-state index contributed by atoms with van der Waals surface area (Å²) in [7, 11) is 0. The lowest BCUT2D eigenvalue weighted by atomic mass is 9.90. The van der Waals surface area contributed by atoms with Crippen LogP contribution in [0.3, 0.4) is 0 Å². The van der Waals surface area contributed by atoms with Crippen LogP contribution >= 0.6 is 0 Å². The summed E-state index contributed by atoms with van der Waals surface area (Å²) in [5.41, 5.74) is 4.53. The first-order valence-electron chi connectivity index (χ1n) is 6.68. The second-order valence-electron chi connectivity index (χ2n) is 5.13. The highest BCUT2D eigenvalue weighted by Crippen LogP contribution is 2.25. The van der Waals surface area contributed by atoms with Crippen LogP contribution in [0.25, 0.3) is 0 Å². The average Bonchev–Trinajstić information content (AvgIpc) is 2.34. The SMILES string of the molecule is CCC(C#N)NC(=O)C(C)c1c(C)cc(C)cc1C. The van der Waals surface area contributed by atoms with Gasteiger partial charge in [0.2, 0.25) is 5.91 Å². The van der Waals surface area contributed by atoms with Crippen LogP contribution in [-0.2, 0) is 4.79 Å². The maximum absolute atomic E-state index is 12.2. The van der Waals surface area contributed by atoms with Gasteiger partial charge in [-0.25, -0.2) is 0 Å². The second-order valence-corrected chi connectivity index (χ2v) is 5.13. The molecule has 0 aliphatic carbocycles. The minimum Gasteiger partial charge on any atom is -0.340 e. The maximum Gasteiger partial charge on any atom is 0.228 e. The van der Waals surface area contributed by atoms with Gasteiger partial charge in [-0.2, -0.15) is 5.26 Å². The molecule has 0 heterocycles. The fraction of sp³-hybridized carbons (Fsp3) is 0.500. The topological polar surface area (TPSA) is 52.9 Å². The maximum atomic E-state index is 12.2. The Morgan fingerprint density at radius 3 is 2.26 bits per heavy atom. The van der Waals surface area contributed by atoms with Crippen LogP contribution in [0.5, 0.6) is 0 Å². The molecule has 2 unspecified atom stereocenters. The smallest absolute Gasteiger partial charge is 0.228 e. The first kappa shape index (κ1) is 15.2. The van der Waals surface area contributed by atoms with Gasteiger partial charge in [-0.05, 0) is 50.8 Å². The highest BCUT2D eigenvalue weighted by Gasteiger charge is 2.21. The van der Waals surface area contributed by atoms with Crippen molar-refractivity contribution in [2.24, 2.45) is 0 Å². The number of amides is 1. The van der Waals surface area contributed by atoms with Crippen LogP contribution < -0.4 is 5.32 Å². The van der Waals surface area contributed by atoms with E-state index in [9.17, 15) is 4.79 Å². The normalized spacial score (nSPS) is 13.5. The summed E-state index contributed by atoms with van der Waals surface area (Å²) in [6.07, 6.45) is 0.626. The van der Waals surface area contributed by atoms with Crippen molar-refractivity contribution in [3.05, 3.63) is 34.4 Å². The standard InChI is InChI=1S/C16H22N2O/c1-6-14(9-17)18-16(19)13(5)15-11(3)7-10(2)8-12(15)4/h7-8,13-14H,6H2,1-5H3,(H,18,19). The van der Waals surface area contributed by atoms with Crippen LogP contribution in [0, 0.1) is 32.1 Å². The van der Waals surface area contributed by atoms with Crippen LogP contribution in [0.1, 0.15) is 48.4 Å². The molecule has 19 heavy (non-hydrogen) atoms. The second kappa shape index (κ2) is 6.38. The zero-order chi connectivity index (χ0) is 14.6. The molecule has 0 spiro atoms. The van der Waals surface area contributed by atoms with Gasteiger partial charge in [-0.3, -0.25) is 4.79 Å². The molecule has 0 aliphatic heterocycles. The van der Waals surface area contributed by atoms with Crippen molar-refractivity contribution in [3.63, 3.8) is 0 Å². The van der Waals surface area contributed by atoms with E-state index in [1.807, 2.05) is 27.7 Å².